The number of anilines is 1. The van der Waals surface area contributed by atoms with Gasteiger partial charge in [-0.25, -0.2) is 0 Å². The van der Waals surface area contributed by atoms with Crippen molar-refractivity contribution in [1.82, 2.24) is 10.5 Å². The van der Waals surface area contributed by atoms with Crippen LogP contribution in [0.3, 0.4) is 0 Å². The van der Waals surface area contributed by atoms with Crippen molar-refractivity contribution in [2.75, 3.05) is 5.73 Å². The summed E-state index contributed by atoms with van der Waals surface area (Å²) in [6.07, 6.45) is 0.274. The number of benzene rings is 1. The van der Waals surface area contributed by atoms with Gasteiger partial charge in [-0.05, 0) is 25.5 Å². The number of carbonyl (C=O) groups is 1. The zero-order chi connectivity index (χ0) is 13.8. The van der Waals surface area contributed by atoms with E-state index in [4.69, 9.17) is 10.3 Å². The molecule has 0 fully saturated rings. The molecule has 0 bridgehead atoms. The molecule has 1 heterocycles. The van der Waals surface area contributed by atoms with Gasteiger partial charge in [0.25, 0.3) is 0 Å². The Morgan fingerprint density at radius 3 is 2.74 bits per heavy atom. The van der Waals surface area contributed by atoms with Gasteiger partial charge in [-0.1, -0.05) is 23.4 Å². The summed E-state index contributed by atoms with van der Waals surface area (Å²) in [7, 11) is 0. The molecule has 0 unspecified atom stereocenters. The first-order valence-electron chi connectivity index (χ1n) is 6.09. The van der Waals surface area contributed by atoms with Crippen LogP contribution < -0.4 is 11.1 Å². The van der Waals surface area contributed by atoms with Gasteiger partial charge in [0.1, 0.15) is 5.76 Å². The van der Waals surface area contributed by atoms with Gasteiger partial charge in [-0.2, -0.15) is 0 Å². The van der Waals surface area contributed by atoms with Crippen molar-refractivity contribution in [3.63, 3.8) is 0 Å². The quantitative estimate of drug-likeness (QED) is 0.819. The first-order valence-corrected chi connectivity index (χ1v) is 6.09. The summed E-state index contributed by atoms with van der Waals surface area (Å²) in [5.41, 5.74) is 9.00. The molecule has 1 amide bonds. The van der Waals surface area contributed by atoms with Crippen molar-refractivity contribution in [3.05, 3.63) is 46.8 Å². The Morgan fingerprint density at radius 1 is 1.37 bits per heavy atom. The van der Waals surface area contributed by atoms with Gasteiger partial charge < -0.3 is 15.6 Å². The lowest BCUT2D eigenvalue weighted by Crippen LogP contribution is -2.25. The predicted octanol–water partition coefficient (Wildman–Crippen LogP) is 1.73. The minimum atomic E-state index is -0.0714. The van der Waals surface area contributed by atoms with Crippen molar-refractivity contribution in [1.29, 1.82) is 0 Å². The Hall–Kier alpha value is -2.30. The van der Waals surface area contributed by atoms with Gasteiger partial charge in [0.15, 0.2) is 0 Å². The van der Waals surface area contributed by atoms with Crippen molar-refractivity contribution < 1.29 is 9.32 Å². The van der Waals surface area contributed by atoms with Crippen LogP contribution in [0.15, 0.2) is 28.8 Å². The summed E-state index contributed by atoms with van der Waals surface area (Å²) < 4.78 is 5.04. The topological polar surface area (TPSA) is 81.2 Å². The lowest BCUT2D eigenvalue weighted by Gasteiger charge is -2.07. The Kier molecular flexibility index (Phi) is 3.85. The number of hydrogen-bond acceptors (Lipinski definition) is 4. The largest absolute Gasteiger partial charge is 0.398 e. The molecular formula is C14H17N3O2. The van der Waals surface area contributed by atoms with E-state index in [1.165, 1.54) is 0 Å². The van der Waals surface area contributed by atoms with Gasteiger partial charge in [-0.3, -0.25) is 4.79 Å². The summed E-state index contributed by atoms with van der Waals surface area (Å²) >= 11 is 0. The number of rotatable bonds is 4. The molecule has 1 aromatic carbocycles. The van der Waals surface area contributed by atoms with E-state index in [1.54, 1.807) is 6.07 Å². The highest BCUT2D eigenvalue weighted by Gasteiger charge is 2.11. The summed E-state index contributed by atoms with van der Waals surface area (Å²) in [5, 5.41) is 6.69. The van der Waals surface area contributed by atoms with E-state index >= 15 is 0 Å². The Morgan fingerprint density at radius 2 is 2.11 bits per heavy atom. The fourth-order valence-corrected chi connectivity index (χ4v) is 1.87. The number of carbonyl (C=O) groups excluding carboxylic acids is 1. The fourth-order valence-electron chi connectivity index (χ4n) is 1.87. The van der Waals surface area contributed by atoms with E-state index in [1.807, 2.05) is 32.0 Å². The summed E-state index contributed by atoms with van der Waals surface area (Å²) in [6.45, 7) is 4.11. The van der Waals surface area contributed by atoms with Crippen molar-refractivity contribution in [3.8, 4) is 0 Å². The molecule has 5 heteroatoms. The molecule has 0 saturated heterocycles. The normalized spacial score (nSPS) is 10.4. The average molecular weight is 259 g/mol. The highest BCUT2D eigenvalue weighted by Crippen LogP contribution is 2.13. The summed E-state index contributed by atoms with van der Waals surface area (Å²) in [5.74, 6) is 0.662. The lowest BCUT2D eigenvalue weighted by molar-refractivity contribution is -0.120. The van der Waals surface area contributed by atoms with Crippen molar-refractivity contribution in [2.24, 2.45) is 0 Å². The number of nitrogens with two attached hydrogens (primary N) is 1. The summed E-state index contributed by atoms with van der Waals surface area (Å²) in [4.78, 5) is 11.9. The fraction of sp³-hybridized carbons (Fsp3) is 0.286. The zero-order valence-corrected chi connectivity index (χ0v) is 11.1. The Balaban J connectivity index is 1.94. The maximum absolute atomic E-state index is 11.9. The molecule has 0 radical (unpaired) electrons. The second-order valence-corrected chi connectivity index (χ2v) is 4.46. The Labute approximate surface area is 111 Å². The van der Waals surface area contributed by atoms with Gasteiger partial charge in [0, 0.05) is 17.8 Å². The monoisotopic (exact) mass is 259 g/mol. The molecule has 19 heavy (non-hydrogen) atoms. The number of hydrogen-bond donors (Lipinski definition) is 2. The van der Waals surface area contributed by atoms with E-state index in [-0.39, 0.29) is 12.3 Å². The van der Waals surface area contributed by atoms with Crippen molar-refractivity contribution >= 4 is 11.6 Å². The minimum absolute atomic E-state index is 0.0714. The summed E-state index contributed by atoms with van der Waals surface area (Å²) in [6, 6.07) is 7.36. The molecule has 3 N–H and O–H groups in total. The molecule has 100 valence electrons. The maximum atomic E-state index is 11.9. The van der Waals surface area contributed by atoms with E-state index in [9.17, 15) is 4.79 Å². The number of para-hydroxylation sites is 1. The molecule has 1 aromatic heterocycles. The number of nitrogens with zero attached hydrogens (tertiary/aromatic N) is 1. The maximum Gasteiger partial charge on any atom is 0.224 e. The van der Waals surface area contributed by atoms with Crippen LogP contribution in [0.5, 0.6) is 0 Å². The van der Waals surface area contributed by atoms with Crippen LogP contribution in [0.2, 0.25) is 0 Å². The molecule has 2 rings (SSSR count). The van der Waals surface area contributed by atoms with Crippen LogP contribution in [0.25, 0.3) is 0 Å². The third-order valence-corrected chi connectivity index (χ3v) is 3.05. The van der Waals surface area contributed by atoms with E-state index in [2.05, 4.69) is 10.5 Å². The van der Waals surface area contributed by atoms with Crippen LogP contribution in [0.4, 0.5) is 5.69 Å². The van der Waals surface area contributed by atoms with Crippen LogP contribution in [-0.2, 0) is 17.8 Å². The molecular weight excluding hydrogens is 242 g/mol. The standard InChI is InChI=1S/C14H17N3O2/c1-9-12(10(2)19-17-9)8-16-14(18)7-11-5-3-4-6-13(11)15/h3-6H,7-8,15H2,1-2H3,(H,16,18). The predicted molar refractivity (Wildman–Crippen MR) is 72.4 cm³/mol. The number of amides is 1. The van der Waals surface area contributed by atoms with Crippen LogP contribution in [0.1, 0.15) is 22.6 Å². The molecule has 5 nitrogen and oxygen atoms in total. The molecule has 0 spiro atoms. The second-order valence-electron chi connectivity index (χ2n) is 4.46. The first kappa shape index (κ1) is 13.1. The molecule has 0 saturated carbocycles. The lowest BCUT2D eigenvalue weighted by atomic mass is 10.1. The van der Waals surface area contributed by atoms with Crippen LogP contribution >= 0.6 is 0 Å². The number of nitrogen functional groups attached to an aromatic ring is 1. The minimum Gasteiger partial charge on any atom is -0.398 e. The molecule has 2 aromatic rings. The second kappa shape index (κ2) is 5.56. The number of nitrogens with one attached hydrogen (secondary N) is 1. The van der Waals surface area contributed by atoms with Crippen LogP contribution in [0, 0.1) is 13.8 Å². The highest BCUT2D eigenvalue weighted by molar-refractivity contribution is 5.80. The first-order chi connectivity index (χ1) is 9.08. The number of aromatic nitrogens is 1. The van der Waals surface area contributed by atoms with Crippen molar-refractivity contribution in [2.45, 2.75) is 26.8 Å². The highest BCUT2D eigenvalue weighted by atomic mass is 16.5. The molecule has 0 aliphatic carbocycles. The zero-order valence-electron chi connectivity index (χ0n) is 11.1. The third kappa shape index (κ3) is 3.13. The van der Waals surface area contributed by atoms with E-state index in [0.29, 0.717) is 12.2 Å². The van der Waals surface area contributed by atoms with E-state index < -0.39 is 0 Å². The number of aryl methyl sites for hydroxylation is 2. The molecule has 0 aliphatic heterocycles. The van der Waals surface area contributed by atoms with Crippen LogP contribution in [-0.4, -0.2) is 11.1 Å². The SMILES string of the molecule is Cc1noc(C)c1CNC(=O)Cc1ccccc1N. The van der Waals surface area contributed by atoms with Gasteiger partial charge in [0.2, 0.25) is 5.91 Å². The Bertz CT molecular complexity index is 571. The third-order valence-electron chi connectivity index (χ3n) is 3.05. The van der Waals surface area contributed by atoms with Gasteiger partial charge in [-0.15, -0.1) is 0 Å². The smallest absolute Gasteiger partial charge is 0.224 e. The molecule has 0 atom stereocenters. The van der Waals surface area contributed by atoms with Gasteiger partial charge in [0.05, 0.1) is 12.1 Å². The molecule has 0 aliphatic rings. The van der Waals surface area contributed by atoms with Gasteiger partial charge >= 0.3 is 0 Å². The van der Waals surface area contributed by atoms with E-state index in [0.717, 1.165) is 22.6 Å². The average Bonchev–Trinajstić information content (AvgIpc) is 2.70.